The van der Waals surface area contributed by atoms with Gasteiger partial charge in [-0.15, -0.1) is 0 Å². The number of rotatable bonds is 3. The van der Waals surface area contributed by atoms with E-state index in [0.717, 1.165) is 6.07 Å². The average molecular weight is 171 g/mol. The van der Waals surface area contributed by atoms with Crippen molar-refractivity contribution in [3.63, 3.8) is 0 Å². The lowest BCUT2D eigenvalue weighted by Crippen LogP contribution is -1.99. The molecule has 0 spiro atoms. The summed E-state index contributed by atoms with van der Waals surface area (Å²) >= 11 is 0. The molecule has 2 N–H and O–H groups in total. The number of aromatic nitrogens is 2. The van der Waals surface area contributed by atoms with E-state index in [4.69, 9.17) is 5.11 Å². The fourth-order valence-electron chi connectivity index (χ4n) is 0.696. The zero-order valence-electron chi connectivity index (χ0n) is 5.85. The monoisotopic (exact) mass is 171 g/mol. The van der Waals surface area contributed by atoms with Crippen molar-refractivity contribution < 1.29 is 14.8 Å². The molecule has 12 heavy (non-hydrogen) atoms. The van der Waals surface area contributed by atoms with Crippen LogP contribution in [0, 0.1) is 10.1 Å². The summed E-state index contributed by atoms with van der Waals surface area (Å²) in [6.45, 7) is 0. The summed E-state index contributed by atoms with van der Waals surface area (Å²) in [5.41, 5.74) is 0.217. The summed E-state index contributed by atoms with van der Waals surface area (Å²) in [5.74, 6) is -1.43. The molecule has 7 heteroatoms. The third-order valence-corrected chi connectivity index (χ3v) is 1.15. The van der Waals surface area contributed by atoms with Crippen molar-refractivity contribution in [1.29, 1.82) is 0 Å². The molecule has 0 aliphatic rings. The summed E-state index contributed by atoms with van der Waals surface area (Å²) in [5, 5.41) is 23.9. The van der Waals surface area contributed by atoms with E-state index in [-0.39, 0.29) is 17.9 Å². The van der Waals surface area contributed by atoms with Crippen LogP contribution in [0.4, 0.5) is 5.82 Å². The molecule has 7 nitrogen and oxygen atoms in total. The minimum Gasteiger partial charge on any atom is -0.481 e. The maximum atomic E-state index is 10.1. The summed E-state index contributed by atoms with van der Waals surface area (Å²) in [6.07, 6.45) is -0.291. The molecule has 1 aromatic heterocycles. The quantitative estimate of drug-likeness (QED) is 0.489. The van der Waals surface area contributed by atoms with Crippen LogP contribution in [0.15, 0.2) is 6.07 Å². The number of nitro groups is 1. The highest BCUT2D eigenvalue weighted by Crippen LogP contribution is 2.07. The summed E-state index contributed by atoms with van der Waals surface area (Å²) in [6, 6.07) is 1.09. The maximum Gasteiger partial charge on any atom is 0.389 e. The second-order valence-corrected chi connectivity index (χ2v) is 2.08. The Labute approximate surface area is 66.2 Å². The van der Waals surface area contributed by atoms with Crippen molar-refractivity contribution in [2.45, 2.75) is 6.42 Å². The average Bonchev–Trinajstić information content (AvgIpc) is 2.34. The van der Waals surface area contributed by atoms with Crippen LogP contribution in [0.2, 0.25) is 0 Å². The minimum absolute atomic E-state index is 0.217. The fraction of sp³-hybridized carbons (Fsp3) is 0.200. The van der Waals surface area contributed by atoms with E-state index < -0.39 is 10.9 Å². The zero-order valence-corrected chi connectivity index (χ0v) is 5.85. The number of nitrogens with one attached hydrogen (secondary N) is 1. The van der Waals surface area contributed by atoms with Gasteiger partial charge in [-0.05, 0) is 4.92 Å². The van der Waals surface area contributed by atoms with Crippen molar-refractivity contribution in [2.75, 3.05) is 0 Å². The van der Waals surface area contributed by atoms with E-state index in [9.17, 15) is 14.9 Å². The number of hydrogen-bond donors (Lipinski definition) is 2. The first kappa shape index (κ1) is 8.18. The molecule has 0 amide bonds. The molecule has 64 valence electrons. The van der Waals surface area contributed by atoms with E-state index in [1.807, 2.05) is 0 Å². The van der Waals surface area contributed by atoms with Crippen LogP contribution in [-0.4, -0.2) is 26.2 Å². The highest BCUT2D eigenvalue weighted by Gasteiger charge is 2.13. The lowest BCUT2D eigenvalue weighted by molar-refractivity contribution is -0.389. The Morgan fingerprint density at radius 1 is 1.83 bits per heavy atom. The molecule has 0 saturated carbocycles. The molecule has 0 radical (unpaired) electrons. The molecule has 0 fully saturated rings. The number of H-pyrrole nitrogens is 1. The van der Waals surface area contributed by atoms with Crippen LogP contribution in [0.3, 0.4) is 0 Å². The lowest BCUT2D eigenvalue weighted by Gasteiger charge is -1.84. The Balaban J connectivity index is 2.77. The number of nitrogens with zero attached hydrogens (tertiary/aromatic N) is 2. The van der Waals surface area contributed by atoms with Crippen molar-refractivity contribution in [3.8, 4) is 0 Å². The van der Waals surface area contributed by atoms with Crippen LogP contribution in [0.1, 0.15) is 5.69 Å². The second-order valence-electron chi connectivity index (χ2n) is 2.08. The van der Waals surface area contributed by atoms with Gasteiger partial charge in [0.1, 0.15) is 0 Å². The SMILES string of the molecule is O=C(O)Cc1cc([N+](=O)[O-])n[nH]1. The second kappa shape index (κ2) is 2.99. The van der Waals surface area contributed by atoms with Gasteiger partial charge in [-0.25, -0.2) is 0 Å². The molecule has 1 rings (SSSR count). The van der Waals surface area contributed by atoms with Crippen LogP contribution in [-0.2, 0) is 11.2 Å². The summed E-state index contributed by atoms with van der Waals surface area (Å²) in [7, 11) is 0. The van der Waals surface area contributed by atoms with Gasteiger partial charge in [0, 0.05) is 0 Å². The predicted octanol–water partition coefficient (Wildman–Crippen LogP) is -0.0550. The Morgan fingerprint density at radius 2 is 2.50 bits per heavy atom. The molecule has 0 unspecified atom stereocenters. The van der Waals surface area contributed by atoms with Gasteiger partial charge in [-0.2, -0.15) is 5.10 Å². The first-order chi connectivity index (χ1) is 5.59. The lowest BCUT2D eigenvalue weighted by atomic mass is 10.3. The van der Waals surface area contributed by atoms with E-state index in [1.165, 1.54) is 0 Å². The topological polar surface area (TPSA) is 109 Å². The first-order valence-corrected chi connectivity index (χ1v) is 3.00. The number of carboxylic acids is 1. The number of aromatic amines is 1. The molecule has 0 aromatic carbocycles. The molecule has 0 saturated heterocycles. The Bertz CT molecular complexity index is 318. The Kier molecular flexibility index (Phi) is 2.04. The van der Waals surface area contributed by atoms with E-state index >= 15 is 0 Å². The van der Waals surface area contributed by atoms with Gasteiger partial charge in [0.15, 0.2) is 0 Å². The molecule has 1 heterocycles. The molecular formula is C5H5N3O4. The van der Waals surface area contributed by atoms with E-state index in [1.54, 1.807) is 0 Å². The third kappa shape index (κ3) is 1.78. The van der Waals surface area contributed by atoms with E-state index in [0.29, 0.717) is 0 Å². The van der Waals surface area contributed by atoms with Crippen LogP contribution in [0.5, 0.6) is 0 Å². The molecular weight excluding hydrogens is 166 g/mol. The fourth-order valence-corrected chi connectivity index (χ4v) is 0.696. The van der Waals surface area contributed by atoms with Crippen LogP contribution in [0.25, 0.3) is 0 Å². The Morgan fingerprint density at radius 3 is 2.92 bits per heavy atom. The molecule has 0 aliphatic heterocycles. The first-order valence-electron chi connectivity index (χ1n) is 3.00. The van der Waals surface area contributed by atoms with Gasteiger partial charge >= 0.3 is 11.8 Å². The highest BCUT2D eigenvalue weighted by molar-refractivity contribution is 5.69. The smallest absolute Gasteiger partial charge is 0.389 e. The zero-order chi connectivity index (χ0) is 9.14. The third-order valence-electron chi connectivity index (χ3n) is 1.15. The predicted molar refractivity (Wildman–Crippen MR) is 36.6 cm³/mol. The Hall–Kier alpha value is -1.92. The molecule has 1 aromatic rings. The number of hydrogen-bond acceptors (Lipinski definition) is 4. The van der Waals surface area contributed by atoms with Crippen molar-refractivity contribution in [3.05, 3.63) is 21.9 Å². The van der Waals surface area contributed by atoms with Gasteiger partial charge in [-0.3, -0.25) is 4.79 Å². The van der Waals surface area contributed by atoms with Crippen LogP contribution < -0.4 is 0 Å². The maximum absolute atomic E-state index is 10.1. The van der Waals surface area contributed by atoms with E-state index in [2.05, 4.69) is 10.2 Å². The van der Waals surface area contributed by atoms with Gasteiger partial charge in [0.05, 0.1) is 23.3 Å². The van der Waals surface area contributed by atoms with Gasteiger partial charge in [0.2, 0.25) is 0 Å². The normalized spacial score (nSPS) is 9.67. The number of carbonyl (C=O) groups is 1. The van der Waals surface area contributed by atoms with Gasteiger partial charge < -0.3 is 15.2 Å². The number of aliphatic carboxylic acids is 1. The van der Waals surface area contributed by atoms with Crippen LogP contribution >= 0.6 is 0 Å². The highest BCUT2D eigenvalue weighted by atomic mass is 16.6. The van der Waals surface area contributed by atoms with Gasteiger partial charge in [-0.1, -0.05) is 0 Å². The molecule has 0 atom stereocenters. The van der Waals surface area contributed by atoms with Crippen molar-refractivity contribution in [1.82, 2.24) is 10.2 Å². The van der Waals surface area contributed by atoms with Crippen molar-refractivity contribution in [2.24, 2.45) is 0 Å². The standard InChI is InChI=1S/C5H5N3O4/c9-5(10)2-3-1-4(7-6-3)8(11)12/h1H,2H2,(H,6,7)(H,9,10). The largest absolute Gasteiger partial charge is 0.481 e. The summed E-state index contributed by atoms with van der Waals surface area (Å²) < 4.78 is 0. The minimum atomic E-state index is -1.06. The molecule has 0 aliphatic carbocycles. The van der Waals surface area contributed by atoms with Gasteiger partial charge in [0.25, 0.3) is 0 Å². The number of carboxylic acid groups (broad SMARTS) is 1. The summed E-state index contributed by atoms with van der Waals surface area (Å²) in [4.78, 5) is 19.5. The van der Waals surface area contributed by atoms with Crippen molar-refractivity contribution >= 4 is 11.8 Å². The molecule has 0 bridgehead atoms.